The van der Waals surface area contributed by atoms with Crippen molar-refractivity contribution < 1.29 is 9.21 Å². The largest absolute Gasteiger partial charge is 0.459 e. The third-order valence-corrected chi connectivity index (χ3v) is 5.94. The van der Waals surface area contributed by atoms with Crippen LogP contribution in [0.25, 0.3) is 22.2 Å². The summed E-state index contributed by atoms with van der Waals surface area (Å²) in [5.74, 6) is -0.150. The van der Waals surface area contributed by atoms with E-state index in [2.05, 4.69) is 16.4 Å². The predicted octanol–water partition coefficient (Wildman–Crippen LogP) is 6.34. The summed E-state index contributed by atoms with van der Waals surface area (Å²) in [5.41, 5.74) is 2.09. The van der Waals surface area contributed by atoms with Crippen molar-refractivity contribution in [2.24, 2.45) is 0 Å². The van der Waals surface area contributed by atoms with Crippen molar-refractivity contribution in [3.8, 4) is 16.6 Å². The standard InChI is InChI=1S/C23H15N3O2S2/c24-15-17(10-4-9-16-7-2-1-3-8-16)22-25-20(19-12-6-14-29-19)23(30-22)26-21(27)18-11-5-13-28-18/h1-14H,(H,26,27). The summed E-state index contributed by atoms with van der Waals surface area (Å²) in [6.45, 7) is 0. The number of hydrogen-bond acceptors (Lipinski definition) is 6. The number of anilines is 1. The Bertz CT molecular complexity index is 1230. The maximum absolute atomic E-state index is 12.5. The molecule has 0 unspecified atom stereocenters. The van der Waals surface area contributed by atoms with E-state index in [0.717, 1.165) is 10.4 Å². The lowest BCUT2D eigenvalue weighted by molar-refractivity contribution is 0.0997. The van der Waals surface area contributed by atoms with Gasteiger partial charge in [0, 0.05) is 0 Å². The summed E-state index contributed by atoms with van der Waals surface area (Å²) >= 11 is 2.78. The Labute approximate surface area is 181 Å². The van der Waals surface area contributed by atoms with Crippen LogP contribution in [0, 0.1) is 11.3 Å². The minimum Gasteiger partial charge on any atom is -0.459 e. The highest BCUT2D eigenvalue weighted by molar-refractivity contribution is 7.18. The van der Waals surface area contributed by atoms with Crippen LogP contribution in [0.1, 0.15) is 21.1 Å². The summed E-state index contributed by atoms with van der Waals surface area (Å²) in [6, 6.07) is 19.1. The molecule has 1 amide bonds. The topological polar surface area (TPSA) is 78.9 Å². The molecule has 0 aliphatic rings. The molecular formula is C23H15N3O2S2. The first kappa shape index (κ1) is 19.6. The zero-order chi connectivity index (χ0) is 20.8. The molecule has 0 aliphatic heterocycles. The second kappa shape index (κ2) is 9.18. The van der Waals surface area contributed by atoms with Gasteiger partial charge in [0.2, 0.25) is 0 Å². The molecule has 0 spiro atoms. The van der Waals surface area contributed by atoms with Crippen LogP contribution in [0.2, 0.25) is 0 Å². The van der Waals surface area contributed by atoms with Gasteiger partial charge < -0.3 is 9.73 Å². The molecule has 5 nitrogen and oxygen atoms in total. The zero-order valence-electron chi connectivity index (χ0n) is 15.6. The number of benzene rings is 1. The van der Waals surface area contributed by atoms with Crippen molar-refractivity contribution >= 4 is 45.2 Å². The first-order valence-corrected chi connectivity index (χ1v) is 10.7. The van der Waals surface area contributed by atoms with E-state index < -0.39 is 0 Å². The molecule has 0 bridgehead atoms. The molecule has 4 rings (SSSR count). The van der Waals surface area contributed by atoms with Crippen molar-refractivity contribution in [3.05, 3.63) is 94.7 Å². The molecule has 3 aromatic heterocycles. The lowest BCUT2D eigenvalue weighted by Crippen LogP contribution is -2.10. The Balaban J connectivity index is 1.66. The van der Waals surface area contributed by atoms with Crippen molar-refractivity contribution in [1.29, 1.82) is 5.26 Å². The van der Waals surface area contributed by atoms with Crippen LogP contribution in [0.4, 0.5) is 5.00 Å². The highest BCUT2D eigenvalue weighted by Gasteiger charge is 2.19. The Morgan fingerprint density at radius 2 is 2.00 bits per heavy atom. The number of furan rings is 1. The quantitative estimate of drug-likeness (QED) is 0.287. The molecule has 0 saturated heterocycles. The van der Waals surface area contributed by atoms with E-state index >= 15 is 0 Å². The number of nitrogens with zero attached hydrogens (tertiary/aromatic N) is 2. The molecule has 0 aliphatic carbocycles. The first-order valence-electron chi connectivity index (χ1n) is 8.98. The monoisotopic (exact) mass is 429 g/mol. The van der Waals surface area contributed by atoms with Gasteiger partial charge in [-0.2, -0.15) is 5.26 Å². The molecule has 30 heavy (non-hydrogen) atoms. The smallest absolute Gasteiger partial charge is 0.292 e. The summed E-state index contributed by atoms with van der Waals surface area (Å²) in [4.78, 5) is 18.0. The highest BCUT2D eigenvalue weighted by atomic mass is 32.1. The number of amides is 1. The number of hydrogen-bond donors (Lipinski definition) is 1. The normalized spacial score (nSPS) is 11.5. The molecule has 0 radical (unpaired) electrons. The van der Waals surface area contributed by atoms with Crippen LogP contribution in [0.15, 0.2) is 82.8 Å². The molecule has 3 heterocycles. The molecule has 0 atom stereocenters. The Morgan fingerprint density at radius 1 is 1.13 bits per heavy atom. The Kier molecular flexibility index (Phi) is 5.99. The van der Waals surface area contributed by atoms with E-state index in [1.165, 1.54) is 28.9 Å². The van der Waals surface area contributed by atoms with Crippen molar-refractivity contribution in [3.63, 3.8) is 0 Å². The predicted molar refractivity (Wildman–Crippen MR) is 121 cm³/mol. The lowest BCUT2D eigenvalue weighted by atomic mass is 10.2. The van der Waals surface area contributed by atoms with E-state index in [0.29, 0.717) is 21.3 Å². The average molecular weight is 430 g/mol. The number of allylic oxidation sites excluding steroid dienone is 3. The number of carbonyl (C=O) groups is 1. The van der Waals surface area contributed by atoms with Gasteiger partial charge in [-0.05, 0) is 35.2 Å². The van der Waals surface area contributed by atoms with Crippen LogP contribution in [-0.2, 0) is 0 Å². The second-order valence-corrected chi connectivity index (χ2v) is 8.01. The van der Waals surface area contributed by atoms with Crippen LogP contribution >= 0.6 is 22.7 Å². The van der Waals surface area contributed by atoms with Crippen LogP contribution in [0.3, 0.4) is 0 Å². The van der Waals surface area contributed by atoms with Gasteiger partial charge >= 0.3 is 0 Å². The molecular weight excluding hydrogens is 414 g/mol. The number of thiazole rings is 1. The van der Waals surface area contributed by atoms with E-state index in [4.69, 9.17) is 4.42 Å². The summed E-state index contributed by atoms with van der Waals surface area (Å²) < 4.78 is 5.17. The van der Waals surface area contributed by atoms with Crippen molar-refractivity contribution in [2.75, 3.05) is 5.32 Å². The number of nitrogens with one attached hydrogen (secondary N) is 1. The van der Waals surface area contributed by atoms with Gasteiger partial charge in [-0.15, -0.1) is 11.3 Å². The van der Waals surface area contributed by atoms with E-state index in [9.17, 15) is 10.1 Å². The molecule has 1 N–H and O–H groups in total. The maximum atomic E-state index is 12.5. The van der Waals surface area contributed by atoms with Gasteiger partial charge in [-0.3, -0.25) is 4.79 Å². The van der Waals surface area contributed by atoms with Crippen LogP contribution in [0.5, 0.6) is 0 Å². The van der Waals surface area contributed by atoms with Crippen molar-refractivity contribution in [1.82, 2.24) is 4.98 Å². The van der Waals surface area contributed by atoms with Gasteiger partial charge in [0.05, 0.1) is 16.7 Å². The molecule has 0 saturated carbocycles. The Hall–Kier alpha value is -3.73. The molecule has 146 valence electrons. The van der Waals surface area contributed by atoms with E-state index in [1.54, 1.807) is 18.2 Å². The number of rotatable bonds is 6. The molecule has 0 fully saturated rings. The number of thiophene rings is 1. The maximum Gasteiger partial charge on any atom is 0.292 e. The highest BCUT2D eigenvalue weighted by Crippen LogP contribution is 2.38. The summed E-state index contributed by atoms with van der Waals surface area (Å²) in [5, 5.41) is 15.6. The summed E-state index contributed by atoms with van der Waals surface area (Å²) in [6.07, 6.45) is 6.91. The average Bonchev–Trinajstić information content (AvgIpc) is 3.54. The van der Waals surface area contributed by atoms with Gasteiger partial charge in [0.1, 0.15) is 21.8 Å². The SMILES string of the molecule is N#CC(=CC=Cc1ccccc1)c1nc(-c2cccs2)c(NC(=O)c2ccco2)s1. The third-order valence-electron chi connectivity index (χ3n) is 4.06. The second-order valence-electron chi connectivity index (χ2n) is 6.07. The number of carbonyl (C=O) groups excluding carboxylic acids is 1. The molecule has 7 heteroatoms. The van der Waals surface area contributed by atoms with Crippen LogP contribution < -0.4 is 5.32 Å². The van der Waals surface area contributed by atoms with E-state index in [1.807, 2.05) is 60.0 Å². The van der Waals surface area contributed by atoms with E-state index in [-0.39, 0.29) is 11.7 Å². The Morgan fingerprint density at radius 3 is 2.70 bits per heavy atom. The van der Waals surface area contributed by atoms with Gasteiger partial charge in [0.15, 0.2) is 5.76 Å². The fourth-order valence-corrected chi connectivity index (χ4v) is 4.38. The molecule has 4 aromatic rings. The first-order chi connectivity index (χ1) is 14.7. The van der Waals surface area contributed by atoms with Crippen molar-refractivity contribution in [2.45, 2.75) is 0 Å². The zero-order valence-corrected chi connectivity index (χ0v) is 17.2. The minimum absolute atomic E-state index is 0.212. The third kappa shape index (κ3) is 4.46. The minimum atomic E-state index is -0.362. The van der Waals surface area contributed by atoms with Gasteiger partial charge in [0.25, 0.3) is 5.91 Å². The molecule has 1 aromatic carbocycles. The van der Waals surface area contributed by atoms with Gasteiger partial charge in [-0.25, -0.2) is 4.98 Å². The van der Waals surface area contributed by atoms with Crippen LogP contribution in [-0.4, -0.2) is 10.9 Å². The number of nitriles is 1. The summed E-state index contributed by atoms with van der Waals surface area (Å²) in [7, 11) is 0. The fraction of sp³-hybridized carbons (Fsp3) is 0. The lowest BCUT2D eigenvalue weighted by Gasteiger charge is -2.01. The number of aromatic nitrogens is 1. The van der Waals surface area contributed by atoms with Gasteiger partial charge in [-0.1, -0.05) is 59.9 Å². The fourth-order valence-electron chi connectivity index (χ4n) is 2.65.